The van der Waals surface area contributed by atoms with Gasteiger partial charge in [0.05, 0.1) is 6.61 Å². The molecular weight excluding hydrogens is 418 g/mol. The zero-order chi connectivity index (χ0) is 22.5. The summed E-state index contributed by atoms with van der Waals surface area (Å²) in [5.74, 6) is -0.619. The Kier molecular flexibility index (Phi) is 7.57. The van der Waals surface area contributed by atoms with Gasteiger partial charge >= 0.3 is 0 Å². The summed E-state index contributed by atoms with van der Waals surface area (Å²) in [6.07, 6.45) is 5.94. The van der Waals surface area contributed by atoms with Gasteiger partial charge in [0.1, 0.15) is 5.39 Å². The number of methoxy groups -OCH3 is 1. The minimum atomic E-state index is -0.897. The molecule has 0 atom stereocenters. The van der Waals surface area contributed by atoms with Crippen LogP contribution in [0.1, 0.15) is 38.5 Å². The highest BCUT2D eigenvalue weighted by molar-refractivity contribution is 5.89. The zero-order valence-corrected chi connectivity index (χ0v) is 18.6. The lowest BCUT2D eigenvalue weighted by molar-refractivity contribution is -0.122. The van der Waals surface area contributed by atoms with E-state index in [9.17, 15) is 13.6 Å². The maximum atomic E-state index is 14.3. The number of hydrogen-bond donors (Lipinski definition) is 1. The predicted octanol–water partition coefficient (Wildman–Crippen LogP) is 3.33. The van der Waals surface area contributed by atoms with Gasteiger partial charge in [0.15, 0.2) is 23.0 Å². The first kappa shape index (κ1) is 22.9. The number of nitrogens with one attached hydrogen (secondary N) is 1. The lowest BCUT2D eigenvalue weighted by Crippen LogP contribution is -2.47. The van der Waals surface area contributed by atoms with Crippen LogP contribution in [-0.4, -0.2) is 68.4 Å². The molecule has 1 saturated heterocycles. The average Bonchev–Trinajstić information content (AvgIpc) is 3.25. The van der Waals surface area contributed by atoms with Gasteiger partial charge in [-0.3, -0.25) is 9.69 Å². The van der Waals surface area contributed by atoms with E-state index < -0.39 is 11.6 Å². The molecule has 0 radical (unpaired) electrons. The molecule has 1 aromatic carbocycles. The van der Waals surface area contributed by atoms with Gasteiger partial charge in [-0.2, -0.15) is 0 Å². The van der Waals surface area contributed by atoms with Crippen molar-refractivity contribution in [3.05, 3.63) is 23.8 Å². The Labute approximate surface area is 187 Å². The van der Waals surface area contributed by atoms with Crippen molar-refractivity contribution < 1.29 is 22.8 Å². The van der Waals surface area contributed by atoms with Crippen molar-refractivity contribution >= 4 is 22.7 Å². The monoisotopic (exact) mass is 450 g/mol. The fourth-order valence-corrected chi connectivity index (χ4v) is 4.81. The molecule has 0 spiro atoms. The van der Waals surface area contributed by atoms with E-state index in [4.69, 9.17) is 9.26 Å². The predicted molar refractivity (Wildman–Crippen MR) is 118 cm³/mol. The van der Waals surface area contributed by atoms with E-state index in [1.807, 2.05) is 4.90 Å². The lowest BCUT2D eigenvalue weighted by atomic mass is 9.84. The van der Waals surface area contributed by atoms with E-state index in [2.05, 4.69) is 15.4 Å². The number of rotatable bonds is 8. The van der Waals surface area contributed by atoms with E-state index in [1.54, 1.807) is 7.11 Å². The van der Waals surface area contributed by atoms with E-state index in [-0.39, 0.29) is 16.9 Å². The van der Waals surface area contributed by atoms with Crippen molar-refractivity contribution in [3.8, 4) is 0 Å². The highest BCUT2D eigenvalue weighted by atomic mass is 19.2. The van der Waals surface area contributed by atoms with Crippen LogP contribution in [0.4, 0.5) is 14.6 Å². The van der Waals surface area contributed by atoms with Crippen LogP contribution in [-0.2, 0) is 9.53 Å². The molecule has 1 aromatic heterocycles. The highest BCUT2D eigenvalue weighted by Crippen LogP contribution is 2.31. The summed E-state index contributed by atoms with van der Waals surface area (Å²) in [6, 6.07) is 2.77. The number of nitrogens with zero attached hydrogens (tertiary/aromatic N) is 3. The van der Waals surface area contributed by atoms with Gasteiger partial charge < -0.3 is 19.5 Å². The molecule has 4 rings (SSSR count). The van der Waals surface area contributed by atoms with Crippen molar-refractivity contribution in [2.75, 3.05) is 51.3 Å². The van der Waals surface area contributed by atoms with Gasteiger partial charge in [-0.05, 0) is 56.7 Å². The number of benzene rings is 1. The largest absolute Gasteiger partial charge is 0.384 e. The van der Waals surface area contributed by atoms with Crippen molar-refractivity contribution in [2.24, 2.45) is 5.92 Å². The molecule has 1 aliphatic heterocycles. The van der Waals surface area contributed by atoms with Crippen molar-refractivity contribution in [3.63, 3.8) is 0 Å². The second-order valence-electron chi connectivity index (χ2n) is 8.89. The number of aromatic nitrogens is 1. The molecule has 2 fully saturated rings. The van der Waals surface area contributed by atoms with Crippen LogP contribution < -0.4 is 10.2 Å². The number of anilines is 1. The first-order valence-electron chi connectivity index (χ1n) is 11.5. The summed E-state index contributed by atoms with van der Waals surface area (Å²) in [6.45, 7) is 4.63. The Morgan fingerprint density at radius 1 is 1.19 bits per heavy atom. The molecule has 2 aliphatic rings. The number of halogens is 2. The molecule has 9 heteroatoms. The summed E-state index contributed by atoms with van der Waals surface area (Å²) in [5.41, 5.74) is 0.270. The van der Waals surface area contributed by atoms with Crippen LogP contribution in [0.2, 0.25) is 0 Å². The van der Waals surface area contributed by atoms with Crippen molar-refractivity contribution in [2.45, 2.75) is 44.6 Å². The average molecular weight is 451 g/mol. The minimum absolute atomic E-state index is 0.0793. The van der Waals surface area contributed by atoms with E-state index in [0.717, 1.165) is 57.8 Å². The molecule has 1 saturated carbocycles. The standard InChI is InChI=1S/C23H32F2N4O3/c1-31-15-9-20(30)26-17-4-2-16(3-5-17)8-10-28-11-13-29(14-12-28)23-21-19(32-27-23)7-6-18(24)22(21)25/h6-7,16-17H,2-5,8-15H2,1H3,(H,26,30). The molecular formula is C23H32F2N4O3. The summed E-state index contributed by atoms with van der Waals surface area (Å²) in [5, 5.41) is 7.25. The molecule has 1 N–H and O–H groups in total. The second kappa shape index (κ2) is 10.6. The maximum absolute atomic E-state index is 14.3. The smallest absolute Gasteiger partial charge is 0.222 e. The topological polar surface area (TPSA) is 70.8 Å². The van der Waals surface area contributed by atoms with Gasteiger partial charge in [-0.1, -0.05) is 5.16 Å². The third kappa shape index (κ3) is 5.38. The van der Waals surface area contributed by atoms with Gasteiger partial charge in [-0.15, -0.1) is 0 Å². The third-order valence-corrected chi connectivity index (χ3v) is 6.78. The van der Waals surface area contributed by atoms with Crippen LogP contribution in [0.15, 0.2) is 16.7 Å². The third-order valence-electron chi connectivity index (χ3n) is 6.78. The SMILES string of the molecule is COCCC(=O)NC1CCC(CCN2CCN(c3noc4ccc(F)c(F)c34)CC2)CC1. The minimum Gasteiger partial charge on any atom is -0.384 e. The Bertz CT molecular complexity index is 906. The molecule has 2 heterocycles. The van der Waals surface area contributed by atoms with Gasteiger partial charge in [0.2, 0.25) is 5.91 Å². The number of amides is 1. The van der Waals surface area contributed by atoms with Crippen molar-refractivity contribution in [1.82, 2.24) is 15.4 Å². The second-order valence-corrected chi connectivity index (χ2v) is 8.89. The summed E-state index contributed by atoms with van der Waals surface area (Å²) in [4.78, 5) is 16.3. The highest BCUT2D eigenvalue weighted by Gasteiger charge is 2.26. The Balaban J connectivity index is 1.19. The van der Waals surface area contributed by atoms with Crippen LogP contribution >= 0.6 is 0 Å². The number of ether oxygens (including phenoxy) is 1. The number of piperazine rings is 1. The summed E-state index contributed by atoms with van der Waals surface area (Å²) >= 11 is 0. The molecule has 0 unspecified atom stereocenters. The zero-order valence-electron chi connectivity index (χ0n) is 18.6. The van der Waals surface area contributed by atoms with E-state index >= 15 is 0 Å². The fourth-order valence-electron chi connectivity index (χ4n) is 4.81. The molecule has 7 nitrogen and oxygen atoms in total. The fraction of sp³-hybridized carbons (Fsp3) is 0.652. The van der Waals surface area contributed by atoms with E-state index in [0.29, 0.717) is 43.9 Å². The van der Waals surface area contributed by atoms with Crippen molar-refractivity contribution in [1.29, 1.82) is 0 Å². The lowest BCUT2D eigenvalue weighted by Gasteiger charge is -2.36. The number of hydrogen-bond acceptors (Lipinski definition) is 6. The summed E-state index contributed by atoms with van der Waals surface area (Å²) < 4.78 is 38.1. The Morgan fingerprint density at radius 3 is 2.66 bits per heavy atom. The van der Waals surface area contributed by atoms with Gasteiger partial charge in [-0.25, -0.2) is 8.78 Å². The molecule has 32 heavy (non-hydrogen) atoms. The Hall–Kier alpha value is -2.26. The molecule has 2 aromatic rings. The number of carbonyl (C=O) groups is 1. The number of carbonyl (C=O) groups excluding carboxylic acids is 1. The van der Waals surface area contributed by atoms with Crippen LogP contribution in [0.5, 0.6) is 0 Å². The Morgan fingerprint density at radius 2 is 1.94 bits per heavy atom. The molecule has 176 valence electrons. The van der Waals surface area contributed by atoms with Crippen LogP contribution in [0.25, 0.3) is 11.0 Å². The first-order chi connectivity index (χ1) is 15.5. The summed E-state index contributed by atoms with van der Waals surface area (Å²) in [7, 11) is 1.61. The molecule has 1 aliphatic carbocycles. The van der Waals surface area contributed by atoms with Crippen LogP contribution in [0, 0.1) is 17.6 Å². The molecule has 1 amide bonds. The molecule has 0 bridgehead atoms. The number of fused-ring (bicyclic) bond motifs is 1. The first-order valence-corrected chi connectivity index (χ1v) is 11.5. The maximum Gasteiger partial charge on any atom is 0.222 e. The quantitative estimate of drug-likeness (QED) is 0.665. The van der Waals surface area contributed by atoms with Crippen LogP contribution in [0.3, 0.4) is 0 Å². The van der Waals surface area contributed by atoms with Gasteiger partial charge in [0.25, 0.3) is 0 Å². The van der Waals surface area contributed by atoms with Gasteiger partial charge in [0, 0.05) is 45.8 Å². The normalized spacial score (nSPS) is 22.4. The van der Waals surface area contributed by atoms with E-state index in [1.165, 1.54) is 6.07 Å².